The summed E-state index contributed by atoms with van der Waals surface area (Å²) < 4.78 is 26.1. The van der Waals surface area contributed by atoms with Gasteiger partial charge >= 0.3 is 0 Å². The molecule has 1 aromatic carbocycles. The highest BCUT2D eigenvalue weighted by molar-refractivity contribution is 7.89. The van der Waals surface area contributed by atoms with Crippen LogP contribution in [0.3, 0.4) is 0 Å². The average molecular weight is 283 g/mol. The van der Waals surface area contributed by atoms with Crippen LogP contribution in [0.4, 0.5) is 0 Å². The molecule has 16 heavy (non-hydrogen) atoms. The zero-order valence-electron chi connectivity index (χ0n) is 8.57. The number of nitrogens with one attached hydrogen (secondary N) is 1. The fourth-order valence-corrected chi connectivity index (χ4v) is 3.09. The van der Waals surface area contributed by atoms with Crippen LogP contribution in [-0.4, -0.2) is 21.0 Å². The van der Waals surface area contributed by atoms with Crippen molar-refractivity contribution < 1.29 is 8.42 Å². The number of halogens is 2. The van der Waals surface area contributed by atoms with Crippen LogP contribution >= 0.6 is 23.2 Å². The first-order valence-electron chi connectivity index (χ1n) is 4.55. The van der Waals surface area contributed by atoms with Gasteiger partial charge in [0.2, 0.25) is 10.0 Å². The third kappa shape index (κ3) is 3.09. The van der Waals surface area contributed by atoms with Crippen LogP contribution in [0.25, 0.3) is 0 Å². The van der Waals surface area contributed by atoms with Gasteiger partial charge < -0.3 is 5.73 Å². The minimum Gasteiger partial charge on any atom is -0.329 e. The van der Waals surface area contributed by atoms with E-state index < -0.39 is 10.0 Å². The van der Waals surface area contributed by atoms with Gasteiger partial charge in [0.1, 0.15) is 4.90 Å². The minimum atomic E-state index is -3.67. The highest BCUT2D eigenvalue weighted by atomic mass is 35.5. The molecule has 0 saturated heterocycles. The van der Waals surface area contributed by atoms with Crippen molar-refractivity contribution in [1.29, 1.82) is 0 Å². The smallest absolute Gasteiger partial charge is 0.242 e. The van der Waals surface area contributed by atoms with Crippen molar-refractivity contribution in [3.8, 4) is 0 Å². The Balaban J connectivity index is 3.13. The Labute approximate surface area is 105 Å². The van der Waals surface area contributed by atoms with E-state index in [0.29, 0.717) is 0 Å². The minimum absolute atomic E-state index is 0.0147. The summed E-state index contributed by atoms with van der Waals surface area (Å²) in [6, 6.07) is 4.07. The molecule has 90 valence electrons. The number of hydrogen-bond acceptors (Lipinski definition) is 3. The fraction of sp³-hybridized carbons (Fsp3) is 0.333. The molecular weight excluding hydrogens is 271 g/mol. The monoisotopic (exact) mass is 282 g/mol. The molecule has 4 nitrogen and oxygen atoms in total. The Bertz CT molecular complexity index is 476. The molecule has 0 aromatic heterocycles. The van der Waals surface area contributed by atoms with E-state index in [2.05, 4.69) is 4.72 Å². The van der Waals surface area contributed by atoms with Gasteiger partial charge in [0.25, 0.3) is 0 Å². The van der Waals surface area contributed by atoms with Crippen molar-refractivity contribution in [3.63, 3.8) is 0 Å². The summed E-state index contributed by atoms with van der Waals surface area (Å²) in [6.45, 7) is 1.87. The molecule has 7 heteroatoms. The molecule has 0 aliphatic carbocycles. The van der Waals surface area contributed by atoms with Gasteiger partial charge in [-0.15, -0.1) is 0 Å². The third-order valence-corrected chi connectivity index (χ3v) is 4.48. The van der Waals surface area contributed by atoms with E-state index in [-0.39, 0.29) is 27.5 Å². The second kappa shape index (κ2) is 5.33. The lowest BCUT2D eigenvalue weighted by Gasteiger charge is -2.13. The van der Waals surface area contributed by atoms with Gasteiger partial charge in [-0.2, -0.15) is 0 Å². The quantitative estimate of drug-likeness (QED) is 0.882. The molecule has 0 heterocycles. The maximum atomic E-state index is 11.9. The summed E-state index contributed by atoms with van der Waals surface area (Å²) in [4.78, 5) is -0.0398. The van der Waals surface area contributed by atoms with E-state index in [9.17, 15) is 8.42 Å². The molecule has 3 N–H and O–H groups in total. The SMILES string of the molecule is CC(CN)NS(=O)(=O)c1cccc(Cl)c1Cl. The van der Waals surface area contributed by atoms with Crippen LogP contribution in [0.15, 0.2) is 23.1 Å². The summed E-state index contributed by atoms with van der Waals surface area (Å²) in [5.74, 6) is 0. The first kappa shape index (κ1) is 13.7. The van der Waals surface area contributed by atoms with Crippen LogP contribution in [0.1, 0.15) is 6.92 Å². The Kier molecular flexibility index (Phi) is 4.58. The number of nitrogens with two attached hydrogens (primary N) is 1. The van der Waals surface area contributed by atoms with Crippen LogP contribution in [0.2, 0.25) is 10.0 Å². The van der Waals surface area contributed by atoms with Gasteiger partial charge in [-0.3, -0.25) is 0 Å². The molecule has 0 aliphatic heterocycles. The maximum Gasteiger partial charge on any atom is 0.242 e. The Morgan fingerprint density at radius 1 is 1.44 bits per heavy atom. The van der Waals surface area contributed by atoms with Crippen LogP contribution < -0.4 is 10.5 Å². The maximum absolute atomic E-state index is 11.9. The van der Waals surface area contributed by atoms with E-state index in [4.69, 9.17) is 28.9 Å². The van der Waals surface area contributed by atoms with Gasteiger partial charge in [0.05, 0.1) is 10.0 Å². The molecule has 1 rings (SSSR count). The van der Waals surface area contributed by atoms with Crippen LogP contribution in [0.5, 0.6) is 0 Å². The number of sulfonamides is 1. The van der Waals surface area contributed by atoms with E-state index in [0.717, 1.165) is 0 Å². The molecule has 1 aromatic rings. The summed E-state index contributed by atoms with van der Waals surface area (Å²) in [5.41, 5.74) is 5.34. The summed E-state index contributed by atoms with van der Waals surface area (Å²) in [5, 5.41) is 0.214. The van der Waals surface area contributed by atoms with E-state index in [1.54, 1.807) is 6.92 Å². The van der Waals surface area contributed by atoms with Crippen molar-refractivity contribution in [1.82, 2.24) is 4.72 Å². The summed E-state index contributed by atoms with van der Waals surface area (Å²) in [7, 11) is -3.67. The summed E-state index contributed by atoms with van der Waals surface area (Å²) in [6.07, 6.45) is 0. The summed E-state index contributed by atoms with van der Waals surface area (Å²) >= 11 is 11.6. The van der Waals surface area contributed by atoms with Crippen molar-refractivity contribution in [2.75, 3.05) is 6.54 Å². The van der Waals surface area contributed by atoms with Gasteiger partial charge in [0.15, 0.2) is 0 Å². The normalized spacial score (nSPS) is 13.8. The molecule has 0 saturated carbocycles. The van der Waals surface area contributed by atoms with E-state index in [1.807, 2.05) is 0 Å². The van der Waals surface area contributed by atoms with Gasteiger partial charge in [-0.05, 0) is 19.1 Å². The lowest BCUT2D eigenvalue weighted by molar-refractivity contribution is 0.563. The predicted molar refractivity (Wildman–Crippen MR) is 65.3 cm³/mol. The molecule has 0 fully saturated rings. The highest BCUT2D eigenvalue weighted by Crippen LogP contribution is 2.28. The first-order chi connectivity index (χ1) is 7.38. The Morgan fingerprint density at radius 3 is 2.62 bits per heavy atom. The molecule has 0 amide bonds. The Hall–Kier alpha value is -0.330. The van der Waals surface area contributed by atoms with E-state index in [1.165, 1.54) is 18.2 Å². The Morgan fingerprint density at radius 2 is 2.06 bits per heavy atom. The number of rotatable bonds is 4. The third-order valence-electron chi connectivity index (χ3n) is 1.92. The zero-order valence-corrected chi connectivity index (χ0v) is 10.9. The van der Waals surface area contributed by atoms with Crippen molar-refractivity contribution in [2.45, 2.75) is 17.9 Å². The molecule has 0 aliphatic rings. The molecule has 0 bridgehead atoms. The first-order valence-corrected chi connectivity index (χ1v) is 6.79. The van der Waals surface area contributed by atoms with Crippen molar-refractivity contribution in [2.24, 2.45) is 5.73 Å². The lowest BCUT2D eigenvalue weighted by Crippen LogP contribution is -2.37. The lowest BCUT2D eigenvalue weighted by atomic mass is 10.4. The zero-order chi connectivity index (χ0) is 12.3. The van der Waals surface area contributed by atoms with Gasteiger partial charge in [-0.1, -0.05) is 29.3 Å². The molecule has 1 atom stereocenters. The highest BCUT2D eigenvalue weighted by Gasteiger charge is 2.20. The van der Waals surface area contributed by atoms with Gasteiger partial charge in [0, 0.05) is 12.6 Å². The predicted octanol–water partition coefficient (Wildman–Crippen LogP) is 1.62. The van der Waals surface area contributed by atoms with Crippen LogP contribution in [0, 0.1) is 0 Å². The fourth-order valence-electron chi connectivity index (χ4n) is 1.07. The molecule has 1 unspecified atom stereocenters. The second-order valence-corrected chi connectivity index (χ2v) is 5.78. The largest absolute Gasteiger partial charge is 0.329 e. The van der Waals surface area contributed by atoms with Crippen molar-refractivity contribution in [3.05, 3.63) is 28.2 Å². The topological polar surface area (TPSA) is 72.2 Å². The van der Waals surface area contributed by atoms with Crippen molar-refractivity contribution >= 4 is 33.2 Å². The average Bonchev–Trinajstić information content (AvgIpc) is 2.21. The number of hydrogen-bond donors (Lipinski definition) is 2. The standard InChI is InChI=1S/C9H12Cl2N2O2S/c1-6(5-12)13-16(14,15)8-4-2-3-7(10)9(8)11/h2-4,6,13H,5,12H2,1H3. The second-order valence-electron chi connectivity index (χ2n) is 3.31. The number of benzene rings is 1. The molecule has 0 radical (unpaired) electrons. The van der Waals surface area contributed by atoms with Gasteiger partial charge in [-0.25, -0.2) is 13.1 Å². The van der Waals surface area contributed by atoms with Crippen LogP contribution in [-0.2, 0) is 10.0 Å². The van der Waals surface area contributed by atoms with E-state index >= 15 is 0 Å². The molecular formula is C9H12Cl2N2O2S. The molecule has 0 spiro atoms.